The van der Waals surface area contributed by atoms with E-state index in [1.807, 2.05) is 31.2 Å². The Morgan fingerprint density at radius 1 is 1.06 bits per heavy atom. The van der Waals surface area contributed by atoms with Gasteiger partial charge < -0.3 is 19.5 Å². The first-order chi connectivity index (χ1) is 16.0. The van der Waals surface area contributed by atoms with Crippen LogP contribution in [-0.2, 0) is 4.79 Å². The number of carbonyl (C=O) groups excluding carboxylic acids is 1. The van der Waals surface area contributed by atoms with E-state index in [2.05, 4.69) is 10.3 Å². The highest BCUT2D eigenvalue weighted by molar-refractivity contribution is 5.92. The summed E-state index contributed by atoms with van der Waals surface area (Å²) in [6.07, 6.45) is 0. The van der Waals surface area contributed by atoms with Gasteiger partial charge in [-0.1, -0.05) is 12.1 Å². The molecule has 0 aliphatic carbocycles. The number of hydrogen-bond donors (Lipinski definition) is 1. The minimum atomic E-state index is -0.302. The van der Waals surface area contributed by atoms with Gasteiger partial charge in [0, 0.05) is 11.8 Å². The van der Waals surface area contributed by atoms with Crippen molar-refractivity contribution in [3.05, 3.63) is 82.4 Å². The maximum atomic E-state index is 13.0. The van der Waals surface area contributed by atoms with Gasteiger partial charge in [0.2, 0.25) is 6.79 Å². The van der Waals surface area contributed by atoms with Crippen LogP contribution in [0.5, 0.6) is 17.2 Å². The number of aryl methyl sites for hydroxylation is 2. The molecule has 0 radical (unpaired) electrons. The fraction of sp³-hybridized carbons (Fsp3) is 0.160. The van der Waals surface area contributed by atoms with Crippen LogP contribution in [0.15, 0.2) is 65.5 Å². The summed E-state index contributed by atoms with van der Waals surface area (Å²) in [4.78, 5) is 30.0. The zero-order valence-electron chi connectivity index (χ0n) is 18.1. The summed E-state index contributed by atoms with van der Waals surface area (Å²) in [5.74, 6) is 2.04. The van der Waals surface area contributed by atoms with Gasteiger partial charge in [0.25, 0.3) is 11.5 Å². The summed E-state index contributed by atoms with van der Waals surface area (Å²) < 4.78 is 17.7. The van der Waals surface area contributed by atoms with Gasteiger partial charge in [0.1, 0.15) is 11.6 Å². The Hall–Kier alpha value is -4.33. The number of benzene rings is 3. The van der Waals surface area contributed by atoms with E-state index >= 15 is 0 Å². The molecule has 5 rings (SSSR count). The van der Waals surface area contributed by atoms with Crippen LogP contribution in [0.3, 0.4) is 0 Å². The largest absolute Gasteiger partial charge is 0.484 e. The van der Waals surface area contributed by atoms with E-state index in [0.717, 1.165) is 5.56 Å². The third-order valence-electron chi connectivity index (χ3n) is 5.40. The van der Waals surface area contributed by atoms with Gasteiger partial charge in [-0.05, 0) is 61.9 Å². The minimum Gasteiger partial charge on any atom is -0.484 e. The molecule has 33 heavy (non-hydrogen) atoms. The van der Waals surface area contributed by atoms with Crippen LogP contribution >= 0.6 is 0 Å². The van der Waals surface area contributed by atoms with E-state index in [9.17, 15) is 9.59 Å². The molecule has 1 amide bonds. The molecule has 0 spiro atoms. The summed E-state index contributed by atoms with van der Waals surface area (Å²) in [6, 6.07) is 17.8. The Balaban J connectivity index is 1.32. The number of para-hydroxylation sites is 1. The molecule has 1 N–H and O–H groups in total. The van der Waals surface area contributed by atoms with Crippen molar-refractivity contribution >= 4 is 22.5 Å². The topological polar surface area (TPSA) is 91.7 Å². The van der Waals surface area contributed by atoms with E-state index in [1.54, 1.807) is 47.9 Å². The molecule has 3 aromatic carbocycles. The molecular weight excluding hydrogens is 422 g/mol. The summed E-state index contributed by atoms with van der Waals surface area (Å²) in [5.41, 5.74) is 2.66. The molecule has 0 bridgehead atoms. The first-order valence-electron chi connectivity index (χ1n) is 10.4. The van der Waals surface area contributed by atoms with Crippen LogP contribution in [0.25, 0.3) is 16.6 Å². The maximum absolute atomic E-state index is 13.0. The number of nitrogens with one attached hydrogen (secondary N) is 1. The van der Waals surface area contributed by atoms with Gasteiger partial charge in [-0.2, -0.15) is 0 Å². The van der Waals surface area contributed by atoms with Crippen molar-refractivity contribution in [3.63, 3.8) is 0 Å². The second-order valence-electron chi connectivity index (χ2n) is 7.67. The van der Waals surface area contributed by atoms with Crippen LogP contribution in [0.2, 0.25) is 0 Å². The van der Waals surface area contributed by atoms with Crippen molar-refractivity contribution in [1.82, 2.24) is 9.55 Å². The number of rotatable bonds is 5. The number of fused-ring (bicyclic) bond motifs is 2. The third kappa shape index (κ3) is 3.98. The van der Waals surface area contributed by atoms with Crippen molar-refractivity contribution in [1.29, 1.82) is 0 Å². The van der Waals surface area contributed by atoms with E-state index in [4.69, 9.17) is 14.2 Å². The second kappa shape index (κ2) is 8.31. The quantitative estimate of drug-likeness (QED) is 0.505. The summed E-state index contributed by atoms with van der Waals surface area (Å²) in [5, 5.41) is 3.40. The lowest BCUT2D eigenvalue weighted by Crippen LogP contribution is -2.23. The van der Waals surface area contributed by atoms with Gasteiger partial charge in [-0.15, -0.1) is 0 Å². The average molecular weight is 443 g/mol. The van der Waals surface area contributed by atoms with Gasteiger partial charge >= 0.3 is 0 Å². The maximum Gasteiger partial charge on any atom is 0.265 e. The van der Waals surface area contributed by atoms with Gasteiger partial charge in [-0.3, -0.25) is 14.2 Å². The van der Waals surface area contributed by atoms with Gasteiger partial charge in [0.15, 0.2) is 18.1 Å². The summed E-state index contributed by atoms with van der Waals surface area (Å²) in [7, 11) is 0. The van der Waals surface area contributed by atoms with Crippen molar-refractivity contribution in [2.24, 2.45) is 0 Å². The number of nitrogens with zero attached hydrogens (tertiary/aromatic N) is 2. The standard InChI is InChI=1S/C25H21N3O5/c1-15-11-17(28-16(2)26-21-6-4-3-5-19(21)25(28)30)7-9-20(15)27-24(29)13-31-18-8-10-22-23(12-18)33-14-32-22/h3-12H,13-14H2,1-2H3,(H,27,29). The predicted molar refractivity (Wildman–Crippen MR) is 124 cm³/mol. The van der Waals surface area contributed by atoms with Crippen LogP contribution < -0.4 is 25.1 Å². The average Bonchev–Trinajstić information content (AvgIpc) is 3.27. The van der Waals surface area contributed by atoms with E-state index in [0.29, 0.717) is 45.4 Å². The lowest BCUT2D eigenvalue weighted by Gasteiger charge is -2.14. The summed E-state index contributed by atoms with van der Waals surface area (Å²) in [6.45, 7) is 3.68. The zero-order valence-corrected chi connectivity index (χ0v) is 18.1. The first kappa shape index (κ1) is 20.6. The molecule has 2 heterocycles. The molecule has 1 aromatic heterocycles. The Morgan fingerprint density at radius 3 is 2.73 bits per heavy atom. The molecule has 0 unspecified atom stereocenters. The molecule has 8 nitrogen and oxygen atoms in total. The highest BCUT2D eigenvalue weighted by Crippen LogP contribution is 2.35. The van der Waals surface area contributed by atoms with Crippen LogP contribution in [0.1, 0.15) is 11.4 Å². The van der Waals surface area contributed by atoms with Gasteiger partial charge in [-0.25, -0.2) is 4.98 Å². The highest BCUT2D eigenvalue weighted by Gasteiger charge is 2.15. The highest BCUT2D eigenvalue weighted by atomic mass is 16.7. The lowest BCUT2D eigenvalue weighted by molar-refractivity contribution is -0.118. The zero-order chi connectivity index (χ0) is 22.9. The molecule has 1 aliphatic heterocycles. The minimum absolute atomic E-state index is 0.133. The van der Waals surface area contributed by atoms with Crippen molar-refractivity contribution < 1.29 is 19.0 Å². The number of anilines is 1. The van der Waals surface area contributed by atoms with E-state index < -0.39 is 0 Å². The van der Waals surface area contributed by atoms with Crippen molar-refractivity contribution in [3.8, 4) is 22.9 Å². The molecule has 166 valence electrons. The number of aromatic nitrogens is 2. The SMILES string of the molecule is Cc1cc(-n2c(C)nc3ccccc3c2=O)ccc1NC(=O)COc1ccc2c(c1)OCO2. The van der Waals surface area contributed by atoms with Crippen LogP contribution in [0.4, 0.5) is 5.69 Å². The fourth-order valence-corrected chi connectivity index (χ4v) is 3.78. The monoisotopic (exact) mass is 443 g/mol. The van der Waals surface area contributed by atoms with Crippen molar-refractivity contribution in [2.75, 3.05) is 18.7 Å². The molecule has 0 saturated carbocycles. The van der Waals surface area contributed by atoms with Crippen LogP contribution in [-0.4, -0.2) is 28.9 Å². The third-order valence-corrected chi connectivity index (χ3v) is 5.40. The Kier molecular flexibility index (Phi) is 5.18. The predicted octanol–water partition coefficient (Wildman–Crippen LogP) is 3.75. The normalized spacial score (nSPS) is 12.1. The molecule has 4 aromatic rings. The van der Waals surface area contributed by atoms with E-state index in [-0.39, 0.29) is 24.9 Å². The Labute approximate surface area is 189 Å². The van der Waals surface area contributed by atoms with E-state index in [1.165, 1.54) is 0 Å². The Bertz CT molecular complexity index is 1440. The fourth-order valence-electron chi connectivity index (χ4n) is 3.78. The number of carbonyl (C=O) groups is 1. The molecule has 0 saturated heterocycles. The lowest BCUT2D eigenvalue weighted by atomic mass is 10.1. The van der Waals surface area contributed by atoms with Gasteiger partial charge in [0.05, 0.1) is 16.6 Å². The molecule has 8 heteroatoms. The molecular formula is C25H21N3O5. The second-order valence-corrected chi connectivity index (χ2v) is 7.67. The smallest absolute Gasteiger partial charge is 0.265 e. The summed E-state index contributed by atoms with van der Waals surface area (Å²) >= 11 is 0. The van der Waals surface area contributed by atoms with Crippen LogP contribution in [0, 0.1) is 13.8 Å². The number of ether oxygens (including phenoxy) is 3. The molecule has 1 aliphatic rings. The first-order valence-corrected chi connectivity index (χ1v) is 10.4. The number of hydrogen-bond acceptors (Lipinski definition) is 6. The number of amides is 1. The molecule has 0 fully saturated rings. The Morgan fingerprint density at radius 2 is 1.88 bits per heavy atom. The molecule has 0 atom stereocenters. The van der Waals surface area contributed by atoms with Crippen molar-refractivity contribution in [2.45, 2.75) is 13.8 Å².